The summed E-state index contributed by atoms with van der Waals surface area (Å²) in [6.45, 7) is 2.91. The summed E-state index contributed by atoms with van der Waals surface area (Å²) in [7, 11) is 0. The number of nitrogens with one attached hydrogen (secondary N) is 1. The summed E-state index contributed by atoms with van der Waals surface area (Å²) in [6, 6.07) is 12.1. The topological polar surface area (TPSA) is 38.1 Å². The third-order valence-corrected chi connectivity index (χ3v) is 3.95. The number of nitrogens with zero attached hydrogens (tertiary/aromatic N) is 1. The van der Waals surface area contributed by atoms with Crippen molar-refractivity contribution in [1.29, 1.82) is 0 Å². The van der Waals surface area contributed by atoms with Crippen LogP contribution in [-0.2, 0) is 0 Å². The predicted octanol–water partition coefficient (Wildman–Crippen LogP) is 4.29. The molecule has 2 heterocycles. The molecule has 0 saturated heterocycles. The van der Waals surface area contributed by atoms with Crippen LogP contribution in [0.1, 0.15) is 24.4 Å². The SMILES string of the molecule is CCNC(c1occc1Br)c1nccc2ccccc12. The molecule has 1 atom stereocenters. The van der Waals surface area contributed by atoms with E-state index in [1.807, 2.05) is 30.5 Å². The summed E-state index contributed by atoms with van der Waals surface area (Å²) >= 11 is 3.54. The molecule has 0 bridgehead atoms. The Morgan fingerprint density at radius 2 is 2.10 bits per heavy atom. The van der Waals surface area contributed by atoms with Crippen LogP contribution in [-0.4, -0.2) is 11.5 Å². The molecule has 0 radical (unpaired) electrons. The van der Waals surface area contributed by atoms with Gasteiger partial charge < -0.3 is 9.73 Å². The average molecular weight is 331 g/mol. The van der Waals surface area contributed by atoms with Gasteiger partial charge in [-0.3, -0.25) is 4.98 Å². The van der Waals surface area contributed by atoms with Gasteiger partial charge in [-0.1, -0.05) is 31.2 Å². The van der Waals surface area contributed by atoms with E-state index in [-0.39, 0.29) is 6.04 Å². The normalized spacial score (nSPS) is 12.7. The molecule has 3 aromatic rings. The van der Waals surface area contributed by atoms with Gasteiger partial charge in [-0.25, -0.2) is 0 Å². The molecular weight excluding hydrogens is 316 g/mol. The lowest BCUT2D eigenvalue weighted by molar-refractivity contribution is 0.446. The molecule has 20 heavy (non-hydrogen) atoms. The fraction of sp³-hybridized carbons (Fsp3) is 0.188. The molecule has 1 unspecified atom stereocenters. The van der Waals surface area contributed by atoms with Crippen LogP contribution in [0.5, 0.6) is 0 Å². The molecule has 4 heteroatoms. The lowest BCUT2D eigenvalue weighted by atomic mass is 10.0. The fourth-order valence-electron chi connectivity index (χ4n) is 2.40. The van der Waals surface area contributed by atoms with Gasteiger partial charge in [0.2, 0.25) is 0 Å². The second-order valence-electron chi connectivity index (χ2n) is 4.54. The van der Waals surface area contributed by atoms with E-state index in [1.165, 1.54) is 5.39 Å². The number of rotatable bonds is 4. The Balaban J connectivity index is 2.17. The summed E-state index contributed by atoms with van der Waals surface area (Å²) in [4.78, 5) is 4.58. The highest BCUT2D eigenvalue weighted by Gasteiger charge is 2.22. The van der Waals surface area contributed by atoms with E-state index >= 15 is 0 Å². The standard InChI is InChI=1S/C16H15BrN2O/c1-2-18-15(16-13(17)8-10-20-16)14-12-6-4-3-5-11(12)7-9-19-14/h3-10,15,18H,2H2,1H3. The number of aromatic nitrogens is 1. The number of fused-ring (bicyclic) bond motifs is 1. The molecule has 2 aromatic heterocycles. The third-order valence-electron chi connectivity index (χ3n) is 3.29. The lowest BCUT2D eigenvalue weighted by Gasteiger charge is -2.17. The van der Waals surface area contributed by atoms with Crippen molar-refractivity contribution in [3.63, 3.8) is 0 Å². The quantitative estimate of drug-likeness (QED) is 0.775. The Morgan fingerprint density at radius 1 is 1.25 bits per heavy atom. The smallest absolute Gasteiger partial charge is 0.140 e. The highest BCUT2D eigenvalue weighted by molar-refractivity contribution is 9.10. The third kappa shape index (κ3) is 2.37. The zero-order valence-corrected chi connectivity index (χ0v) is 12.7. The molecule has 0 spiro atoms. The molecule has 0 amide bonds. The number of pyridine rings is 1. The number of hydrogen-bond donors (Lipinski definition) is 1. The van der Waals surface area contributed by atoms with Crippen molar-refractivity contribution in [2.75, 3.05) is 6.54 Å². The van der Waals surface area contributed by atoms with Crippen molar-refractivity contribution >= 4 is 26.7 Å². The minimum absolute atomic E-state index is 0.0597. The molecule has 0 aliphatic heterocycles. The van der Waals surface area contributed by atoms with Crippen LogP contribution in [0.15, 0.2) is 57.7 Å². The van der Waals surface area contributed by atoms with Crippen molar-refractivity contribution in [2.24, 2.45) is 0 Å². The van der Waals surface area contributed by atoms with E-state index in [9.17, 15) is 0 Å². The summed E-state index contributed by atoms with van der Waals surface area (Å²) < 4.78 is 6.59. The van der Waals surface area contributed by atoms with Gasteiger partial charge in [0, 0.05) is 11.6 Å². The number of halogens is 1. The minimum Gasteiger partial charge on any atom is -0.466 e. The van der Waals surface area contributed by atoms with E-state index in [4.69, 9.17) is 4.42 Å². The summed E-state index contributed by atoms with van der Waals surface area (Å²) in [5, 5.41) is 5.77. The lowest BCUT2D eigenvalue weighted by Crippen LogP contribution is -2.23. The molecule has 0 saturated carbocycles. The average Bonchev–Trinajstić information content (AvgIpc) is 2.90. The second-order valence-corrected chi connectivity index (χ2v) is 5.40. The maximum atomic E-state index is 5.63. The molecule has 0 fully saturated rings. The Bertz CT molecular complexity index is 718. The van der Waals surface area contributed by atoms with Gasteiger partial charge in [0.15, 0.2) is 0 Å². The summed E-state index contributed by atoms with van der Waals surface area (Å²) in [6.07, 6.45) is 3.54. The van der Waals surface area contributed by atoms with Gasteiger partial charge in [0.05, 0.1) is 16.4 Å². The fourth-order valence-corrected chi connectivity index (χ4v) is 2.83. The molecule has 102 valence electrons. The monoisotopic (exact) mass is 330 g/mol. The first kappa shape index (κ1) is 13.3. The Kier molecular flexibility index (Phi) is 3.85. The predicted molar refractivity (Wildman–Crippen MR) is 83.7 cm³/mol. The van der Waals surface area contributed by atoms with E-state index < -0.39 is 0 Å². The largest absolute Gasteiger partial charge is 0.466 e. The molecule has 3 rings (SSSR count). The van der Waals surface area contributed by atoms with Crippen molar-refractivity contribution in [2.45, 2.75) is 13.0 Å². The van der Waals surface area contributed by atoms with Crippen molar-refractivity contribution in [3.05, 3.63) is 64.8 Å². The number of furan rings is 1. The second kappa shape index (κ2) is 5.77. The van der Waals surface area contributed by atoms with Crippen LogP contribution in [0.4, 0.5) is 0 Å². The number of benzene rings is 1. The van der Waals surface area contributed by atoms with Crippen LogP contribution < -0.4 is 5.32 Å². The highest BCUT2D eigenvalue weighted by atomic mass is 79.9. The van der Waals surface area contributed by atoms with E-state index in [2.05, 4.69) is 45.3 Å². The molecule has 1 aromatic carbocycles. The molecule has 3 nitrogen and oxygen atoms in total. The Hall–Kier alpha value is -1.65. The molecule has 1 N–H and O–H groups in total. The first-order valence-corrected chi connectivity index (χ1v) is 7.40. The maximum Gasteiger partial charge on any atom is 0.140 e. The van der Waals surface area contributed by atoms with E-state index in [0.717, 1.165) is 27.9 Å². The molecule has 0 aliphatic carbocycles. The molecule has 0 aliphatic rings. The first-order valence-electron chi connectivity index (χ1n) is 6.61. The number of hydrogen-bond acceptors (Lipinski definition) is 3. The Labute approximate surface area is 126 Å². The zero-order valence-electron chi connectivity index (χ0n) is 11.1. The van der Waals surface area contributed by atoms with E-state index in [0.29, 0.717) is 0 Å². The van der Waals surface area contributed by atoms with Crippen molar-refractivity contribution in [1.82, 2.24) is 10.3 Å². The van der Waals surface area contributed by atoms with Crippen LogP contribution in [0, 0.1) is 0 Å². The first-order chi connectivity index (χ1) is 9.81. The van der Waals surface area contributed by atoms with Gasteiger partial charge in [-0.15, -0.1) is 0 Å². The summed E-state index contributed by atoms with van der Waals surface area (Å²) in [5.74, 6) is 0.857. The van der Waals surface area contributed by atoms with Gasteiger partial charge in [-0.2, -0.15) is 0 Å². The maximum absolute atomic E-state index is 5.63. The highest BCUT2D eigenvalue weighted by Crippen LogP contribution is 2.32. The van der Waals surface area contributed by atoms with Gasteiger partial charge in [0.25, 0.3) is 0 Å². The molecular formula is C16H15BrN2O. The van der Waals surface area contributed by atoms with Crippen LogP contribution in [0.2, 0.25) is 0 Å². The zero-order chi connectivity index (χ0) is 13.9. The van der Waals surface area contributed by atoms with Crippen LogP contribution >= 0.6 is 15.9 Å². The van der Waals surface area contributed by atoms with Crippen LogP contribution in [0.3, 0.4) is 0 Å². The minimum atomic E-state index is -0.0597. The van der Waals surface area contributed by atoms with Crippen molar-refractivity contribution < 1.29 is 4.42 Å². The van der Waals surface area contributed by atoms with Gasteiger partial charge in [-0.05, 0) is 40.0 Å². The van der Waals surface area contributed by atoms with Gasteiger partial charge in [0.1, 0.15) is 11.8 Å². The van der Waals surface area contributed by atoms with E-state index in [1.54, 1.807) is 6.26 Å². The summed E-state index contributed by atoms with van der Waals surface area (Å²) in [5.41, 5.74) is 0.987. The van der Waals surface area contributed by atoms with Crippen LogP contribution in [0.25, 0.3) is 10.8 Å². The van der Waals surface area contributed by atoms with Crippen molar-refractivity contribution in [3.8, 4) is 0 Å². The van der Waals surface area contributed by atoms with Gasteiger partial charge >= 0.3 is 0 Å². The Morgan fingerprint density at radius 3 is 2.85 bits per heavy atom.